The van der Waals surface area contributed by atoms with Crippen LogP contribution in [0.1, 0.15) is 5.56 Å². The molecule has 7 heteroatoms. The Kier molecular flexibility index (Phi) is 7.73. The van der Waals surface area contributed by atoms with Gasteiger partial charge in [0.15, 0.2) is 5.96 Å². The highest BCUT2D eigenvalue weighted by molar-refractivity contribution is 14.0. The van der Waals surface area contributed by atoms with Crippen molar-refractivity contribution >= 4 is 29.9 Å². The SMILES string of the molecule is CN(C)CCOc1cnccc1CNC1=NCCN1C.I. The summed E-state index contributed by atoms with van der Waals surface area (Å²) < 4.78 is 5.79. The minimum absolute atomic E-state index is 0. The molecule has 6 nitrogen and oxygen atoms in total. The molecule has 2 rings (SSSR count). The van der Waals surface area contributed by atoms with Crippen molar-refractivity contribution in [3.8, 4) is 5.75 Å². The number of guanidine groups is 1. The van der Waals surface area contributed by atoms with Crippen LogP contribution in [0.2, 0.25) is 0 Å². The minimum atomic E-state index is 0. The van der Waals surface area contributed by atoms with Gasteiger partial charge in [0, 0.05) is 38.4 Å². The number of hydrogen-bond acceptors (Lipinski definition) is 6. The molecule has 1 aromatic heterocycles. The summed E-state index contributed by atoms with van der Waals surface area (Å²) in [6.07, 6.45) is 3.56. The highest BCUT2D eigenvalue weighted by Crippen LogP contribution is 2.16. The summed E-state index contributed by atoms with van der Waals surface area (Å²) in [4.78, 5) is 12.8. The Balaban J connectivity index is 0.00000220. The van der Waals surface area contributed by atoms with Crippen LogP contribution in [0.25, 0.3) is 0 Å². The molecule has 118 valence electrons. The van der Waals surface area contributed by atoms with Gasteiger partial charge in [-0.05, 0) is 20.2 Å². The molecule has 0 unspecified atom stereocenters. The van der Waals surface area contributed by atoms with Crippen LogP contribution in [0, 0.1) is 0 Å². The zero-order chi connectivity index (χ0) is 14.4. The molecule has 0 aromatic carbocycles. The van der Waals surface area contributed by atoms with E-state index in [1.807, 2.05) is 27.2 Å². The molecular formula is C14H24IN5O. The lowest BCUT2D eigenvalue weighted by molar-refractivity contribution is 0.258. The summed E-state index contributed by atoms with van der Waals surface area (Å²) in [5, 5.41) is 3.34. The van der Waals surface area contributed by atoms with E-state index >= 15 is 0 Å². The van der Waals surface area contributed by atoms with E-state index in [1.54, 1.807) is 12.4 Å². The topological polar surface area (TPSA) is 53.0 Å². The van der Waals surface area contributed by atoms with E-state index in [-0.39, 0.29) is 24.0 Å². The number of pyridine rings is 1. The summed E-state index contributed by atoms with van der Waals surface area (Å²) >= 11 is 0. The third kappa shape index (κ3) is 5.66. The van der Waals surface area contributed by atoms with Gasteiger partial charge in [-0.2, -0.15) is 0 Å². The third-order valence-electron chi connectivity index (χ3n) is 3.16. The lowest BCUT2D eigenvalue weighted by Crippen LogP contribution is -2.35. The molecule has 1 aliphatic rings. The van der Waals surface area contributed by atoms with E-state index in [4.69, 9.17) is 4.74 Å². The van der Waals surface area contributed by atoms with Crippen LogP contribution in [0.4, 0.5) is 0 Å². The van der Waals surface area contributed by atoms with Crippen molar-refractivity contribution in [2.24, 2.45) is 4.99 Å². The van der Waals surface area contributed by atoms with E-state index in [9.17, 15) is 0 Å². The van der Waals surface area contributed by atoms with Gasteiger partial charge in [0.1, 0.15) is 12.4 Å². The van der Waals surface area contributed by atoms with E-state index in [2.05, 4.69) is 25.1 Å². The molecule has 0 saturated carbocycles. The predicted octanol–water partition coefficient (Wildman–Crippen LogP) is 1.03. The van der Waals surface area contributed by atoms with Crippen LogP contribution in [0.5, 0.6) is 5.75 Å². The van der Waals surface area contributed by atoms with Crippen LogP contribution in [0.3, 0.4) is 0 Å². The highest BCUT2D eigenvalue weighted by Gasteiger charge is 2.12. The van der Waals surface area contributed by atoms with Crippen molar-refractivity contribution in [1.29, 1.82) is 0 Å². The average Bonchev–Trinajstić information content (AvgIpc) is 2.83. The van der Waals surface area contributed by atoms with Crippen molar-refractivity contribution in [3.63, 3.8) is 0 Å². The zero-order valence-electron chi connectivity index (χ0n) is 12.9. The minimum Gasteiger partial charge on any atom is -0.490 e. The lowest BCUT2D eigenvalue weighted by atomic mass is 10.2. The molecule has 0 saturated heterocycles. The van der Waals surface area contributed by atoms with Crippen molar-refractivity contribution < 1.29 is 4.74 Å². The number of ether oxygens (including phenoxy) is 1. The largest absolute Gasteiger partial charge is 0.490 e. The van der Waals surface area contributed by atoms with Gasteiger partial charge >= 0.3 is 0 Å². The number of aliphatic imine (C=N–C) groups is 1. The van der Waals surface area contributed by atoms with Gasteiger partial charge in [-0.1, -0.05) is 0 Å². The molecule has 0 spiro atoms. The maximum absolute atomic E-state index is 5.79. The van der Waals surface area contributed by atoms with Crippen LogP contribution in [0.15, 0.2) is 23.5 Å². The Hall–Kier alpha value is -1.09. The Morgan fingerprint density at radius 3 is 2.90 bits per heavy atom. The van der Waals surface area contributed by atoms with Crippen molar-refractivity contribution in [3.05, 3.63) is 24.0 Å². The highest BCUT2D eigenvalue weighted by atomic mass is 127. The summed E-state index contributed by atoms with van der Waals surface area (Å²) in [5.74, 6) is 1.78. The molecule has 0 atom stereocenters. The van der Waals surface area contributed by atoms with Gasteiger partial charge in [0.2, 0.25) is 0 Å². The fourth-order valence-corrected chi connectivity index (χ4v) is 1.92. The number of nitrogens with zero attached hydrogens (tertiary/aromatic N) is 4. The fourth-order valence-electron chi connectivity index (χ4n) is 1.92. The second kappa shape index (κ2) is 9.04. The average molecular weight is 405 g/mol. The second-order valence-corrected chi connectivity index (χ2v) is 5.12. The number of halogens is 1. The van der Waals surface area contributed by atoms with Crippen molar-refractivity contribution in [1.82, 2.24) is 20.1 Å². The molecule has 2 heterocycles. The molecular weight excluding hydrogens is 381 g/mol. The first-order chi connectivity index (χ1) is 9.66. The number of likely N-dealkylation sites (N-methyl/N-ethyl adjacent to an activating group) is 2. The Bertz CT molecular complexity index is 466. The van der Waals surface area contributed by atoms with Crippen LogP contribution >= 0.6 is 24.0 Å². The van der Waals surface area contributed by atoms with Gasteiger partial charge in [0.05, 0.1) is 12.7 Å². The molecule has 21 heavy (non-hydrogen) atoms. The van der Waals surface area contributed by atoms with E-state index in [0.29, 0.717) is 13.2 Å². The van der Waals surface area contributed by atoms with Gasteiger partial charge < -0.3 is 19.9 Å². The number of nitrogens with one attached hydrogen (secondary N) is 1. The smallest absolute Gasteiger partial charge is 0.194 e. The molecule has 0 amide bonds. The summed E-state index contributed by atoms with van der Waals surface area (Å²) in [6.45, 7) is 4.08. The predicted molar refractivity (Wildman–Crippen MR) is 95.5 cm³/mol. The zero-order valence-corrected chi connectivity index (χ0v) is 15.2. The first-order valence-corrected chi connectivity index (χ1v) is 6.86. The second-order valence-electron chi connectivity index (χ2n) is 5.12. The van der Waals surface area contributed by atoms with Crippen molar-refractivity contribution in [2.75, 3.05) is 47.4 Å². The molecule has 0 radical (unpaired) electrons. The van der Waals surface area contributed by atoms with Gasteiger partial charge in [0.25, 0.3) is 0 Å². The first-order valence-electron chi connectivity index (χ1n) is 6.86. The van der Waals surface area contributed by atoms with Gasteiger partial charge in [-0.25, -0.2) is 0 Å². The molecule has 0 fully saturated rings. The summed E-state index contributed by atoms with van der Waals surface area (Å²) in [6, 6.07) is 1.98. The maximum atomic E-state index is 5.79. The Labute approximate surface area is 143 Å². The number of hydrogen-bond donors (Lipinski definition) is 1. The molecule has 0 bridgehead atoms. The first kappa shape index (κ1) is 18.0. The third-order valence-corrected chi connectivity index (χ3v) is 3.16. The van der Waals surface area contributed by atoms with Crippen molar-refractivity contribution in [2.45, 2.75) is 6.54 Å². The number of rotatable bonds is 6. The van der Waals surface area contributed by atoms with Gasteiger partial charge in [-0.3, -0.25) is 9.98 Å². The standard InChI is InChI=1S/C14H23N5O.HI/c1-18(2)8-9-20-13-11-15-5-4-12(13)10-17-14-16-6-7-19(14)3;/h4-5,11H,6-10H2,1-3H3,(H,16,17);1H. The quantitative estimate of drug-likeness (QED) is 0.717. The summed E-state index contributed by atoms with van der Waals surface area (Å²) in [7, 11) is 6.10. The number of aromatic nitrogens is 1. The molecule has 0 aliphatic carbocycles. The Morgan fingerprint density at radius 2 is 2.24 bits per heavy atom. The molecule has 1 N–H and O–H groups in total. The van der Waals surface area contributed by atoms with Crippen LogP contribution in [-0.4, -0.2) is 68.1 Å². The monoisotopic (exact) mass is 405 g/mol. The van der Waals surface area contributed by atoms with Gasteiger partial charge in [-0.15, -0.1) is 24.0 Å². The van der Waals surface area contributed by atoms with Crippen LogP contribution < -0.4 is 10.1 Å². The fraction of sp³-hybridized carbons (Fsp3) is 0.571. The van der Waals surface area contributed by atoms with Crippen LogP contribution in [-0.2, 0) is 6.54 Å². The van der Waals surface area contributed by atoms with E-state index in [0.717, 1.165) is 36.9 Å². The Morgan fingerprint density at radius 1 is 1.43 bits per heavy atom. The normalized spacial score (nSPS) is 13.9. The van der Waals surface area contributed by atoms with E-state index in [1.165, 1.54) is 0 Å². The molecule has 1 aromatic rings. The lowest BCUT2D eigenvalue weighted by Gasteiger charge is -2.17. The van der Waals surface area contributed by atoms with E-state index < -0.39 is 0 Å². The summed E-state index contributed by atoms with van der Waals surface area (Å²) in [5.41, 5.74) is 1.10. The maximum Gasteiger partial charge on any atom is 0.194 e. The molecule has 1 aliphatic heterocycles.